The third-order valence-electron chi connectivity index (χ3n) is 0. The van der Waals surface area contributed by atoms with E-state index >= 15 is 0 Å². The second kappa shape index (κ2) is 861. The van der Waals surface area contributed by atoms with E-state index < -0.39 is 0 Å². The largest absolute Gasteiger partial charge is 0.412 e. The summed E-state index contributed by atoms with van der Waals surface area (Å²) in [5, 5.41) is 0. The zero-order valence-electron chi connectivity index (χ0n) is 5.00. The van der Waals surface area contributed by atoms with Crippen LogP contribution in [0.25, 0.3) is 0 Å². The minimum Gasteiger partial charge on any atom is -0.412 e. The van der Waals surface area contributed by atoms with Crippen LogP contribution in [0.15, 0.2) is 0 Å². The summed E-state index contributed by atoms with van der Waals surface area (Å²) in [5.74, 6) is 0. The van der Waals surface area contributed by atoms with Gasteiger partial charge in [0.15, 0.2) is 0 Å². The zero-order valence-corrected chi connectivity index (χ0v) is 9.11. The first-order valence-corrected chi connectivity index (χ1v) is 0. The van der Waals surface area contributed by atoms with Gasteiger partial charge in [-0.05, 0) is 0 Å². The summed E-state index contributed by atoms with van der Waals surface area (Å²) >= 11 is 0. The molecule has 0 atom stereocenters. The van der Waals surface area contributed by atoms with Gasteiger partial charge in [0.05, 0.1) is 0 Å². The van der Waals surface area contributed by atoms with Crippen molar-refractivity contribution in [3.63, 3.8) is 0 Å². The minimum atomic E-state index is 0. The fraction of sp³-hybridized carbons (Fsp3) is 0. The summed E-state index contributed by atoms with van der Waals surface area (Å²) in [6, 6.07) is 0. The Labute approximate surface area is 88.9 Å². The average Bonchev–Trinajstić information content (AvgIpc) is 0. The summed E-state index contributed by atoms with van der Waals surface area (Å²) in [5.41, 5.74) is 0. The van der Waals surface area contributed by atoms with Gasteiger partial charge in [0.1, 0.15) is 0 Å². The Balaban J connectivity index is 0. The van der Waals surface area contributed by atoms with Gasteiger partial charge >= 0.3 is 0 Å². The van der Waals surface area contributed by atoms with E-state index in [0.29, 0.717) is 0 Å². The van der Waals surface area contributed by atoms with Crippen LogP contribution in [0.2, 0.25) is 0 Å². The standard InChI is InChI=1S/9H2O.Th/h9*1H2;. The Bertz CT molecular complexity index is 4.69. The molecule has 0 aliphatic carbocycles. The molecule has 0 bridgehead atoms. The Kier molecular flexibility index (Phi) is 101000. The molecule has 0 heterocycles. The molecule has 9 nitrogen and oxygen atoms in total. The maximum Gasteiger partial charge on any atom is 0 e. The molecular formula is H18O9Th. The molecule has 0 aromatic carbocycles. The summed E-state index contributed by atoms with van der Waals surface area (Å²) in [6.07, 6.45) is 0. The van der Waals surface area contributed by atoms with Crippen molar-refractivity contribution in [2.75, 3.05) is 0 Å². The smallest absolute Gasteiger partial charge is 0 e. The van der Waals surface area contributed by atoms with Crippen LogP contribution < -0.4 is 0 Å². The number of hydrogen-bond donors (Lipinski definition) is 0. The van der Waals surface area contributed by atoms with Crippen LogP contribution in [0.5, 0.6) is 0 Å². The molecule has 0 aromatic heterocycles. The maximum absolute atomic E-state index is 0. The average molecular weight is 394 g/mol. The van der Waals surface area contributed by atoms with E-state index in [1.54, 1.807) is 0 Å². The second-order valence-corrected chi connectivity index (χ2v) is 0. The van der Waals surface area contributed by atoms with Gasteiger partial charge < -0.3 is 49.3 Å². The molecule has 0 aliphatic rings. The van der Waals surface area contributed by atoms with Crippen LogP contribution in [-0.2, 0) is 0 Å². The van der Waals surface area contributed by atoms with Crippen LogP contribution in [0, 0.1) is 39.9 Å². The molecule has 0 saturated carbocycles. The zero-order chi connectivity index (χ0) is 0. The molecule has 76 valence electrons. The van der Waals surface area contributed by atoms with Crippen LogP contribution >= 0.6 is 0 Å². The predicted octanol–water partition coefficient (Wildman–Crippen LogP) is -7.42. The van der Waals surface area contributed by atoms with E-state index in [2.05, 4.69) is 0 Å². The third kappa shape index (κ3) is 611. The molecule has 0 saturated heterocycles. The molecule has 0 rings (SSSR count). The van der Waals surface area contributed by atoms with Crippen molar-refractivity contribution in [1.82, 2.24) is 0 Å². The van der Waals surface area contributed by atoms with E-state index in [1.807, 2.05) is 0 Å². The molecule has 0 fully saturated rings. The van der Waals surface area contributed by atoms with Gasteiger partial charge in [-0.2, -0.15) is 0 Å². The first kappa shape index (κ1) is 1170. The topological polar surface area (TPSA) is 284 Å². The number of hydrogen-bond acceptors (Lipinski definition) is 0. The predicted molar refractivity (Wildman–Crippen MR) is 32.5 cm³/mol. The van der Waals surface area contributed by atoms with E-state index in [-0.39, 0.29) is 89.2 Å². The van der Waals surface area contributed by atoms with Gasteiger partial charge in [-0.3, -0.25) is 0 Å². The van der Waals surface area contributed by atoms with Gasteiger partial charge in [-0.1, -0.05) is 0 Å². The first-order valence-electron chi connectivity index (χ1n) is 0. The fourth-order valence-corrected chi connectivity index (χ4v) is 0. The fourth-order valence-electron chi connectivity index (χ4n) is 0. The number of rotatable bonds is 0. The van der Waals surface area contributed by atoms with Crippen molar-refractivity contribution < 1.29 is 89.2 Å². The molecule has 0 unspecified atom stereocenters. The molecule has 0 spiro atoms. The van der Waals surface area contributed by atoms with E-state index in [1.165, 1.54) is 0 Å². The first-order chi connectivity index (χ1) is 0. The molecule has 0 radical (unpaired) electrons. The summed E-state index contributed by atoms with van der Waals surface area (Å²) < 4.78 is 0. The normalized spacial score (nSPS) is 0. The maximum atomic E-state index is 0. The quantitative estimate of drug-likeness (QED) is 0.370. The van der Waals surface area contributed by atoms with Crippen molar-refractivity contribution >= 4 is 0 Å². The van der Waals surface area contributed by atoms with Gasteiger partial charge in [0, 0.05) is 39.9 Å². The van der Waals surface area contributed by atoms with E-state index in [9.17, 15) is 0 Å². The molecule has 0 aliphatic heterocycles. The minimum absolute atomic E-state index is 0. The van der Waals surface area contributed by atoms with Crippen LogP contribution in [0.3, 0.4) is 0 Å². The third-order valence-corrected chi connectivity index (χ3v) is 0. The Morgan fingerprint density at radius 1 is 0.200 bits per heavy atom. The van der Waals surface area contributed by atoms with Crippen molar-refractivity contribution in [3.8, 4) is 0 Å². The van der Waals surface area contributed by atoms with Crippen molar-refractivity contribution in [2.45, 2.75) is 0 Å². The van der Waals surface area contributed by atoms with Gasteiger partial charge in [0.2, 0.25) is 0 Å². The summed E-state index contributed by atoms with van der Waals surface area (Å²) in [4.78, 5) is 0. The van der Waals surface area contributed by atoms with E-state index in [4.69, 9.17) is 0 Å². The molecule has 18 N–H and O–H groups in total. The van der Waals surface area contributed by atoms with Crippen LogP contribution in [0.1, 0.15) is 0 Å². The molecule has 10 heteroatoms. The monoisotopic (exact) mass is 394 g/mol. The Morgan fingerprint density at radius 2 is 0.200 bits per heavy atom. The Morgan fingerprint density at radius 3 is 0.200 bits per heavy atom. The van der Waals surface area contributed by atoms with Gasteiger partial charge in [-0.15, -0.1) is 0 Å². The molecule has 0 aromatic rings. The van der Waals surface area contributed by atoms with Gasteiger partial charge in [0.25, 0.3) is 0 Å². The van der Waals surface area contributed by atoms with E-state index in [0.717, 1.165) is 0 Å². The van der Waals surface area contributed by atoms with Crippen LogP contribution in [-0.4, -0.2) is 49.3 Å². The van der Waals surface area contributed by atoms with Crippen molar-refractivity contribution in [3.05, 3.63) is 0 Å². The second-order valence-electron chi connectivity index (χ2n) is 0. The van der Waals surface area contributed by atoms with Crippen molar-refractivity contribution in [1.29, 1.82) is 0 Å². The van der Waals surface area contributed by atoms with Crippen molar-refractivity contribution in [2.24, 2.45) is 0 Å². The summed E-state index contributed by atoms with van der Waals surface area (Å²) in [6.45, 7) is 0. The molecule has 10 heavy (non-hydrogen) atoms. The Hall–Kier alpha value is 0.965. The summed E-state index contributed by atoms with van der Waals surface area (Å²) in [7, 11) is 0. The van der Waals surface area contributed by atoms with Crippen LogP contribution in [0.4, 0.5) is 0 Å². The van der Waals surface area contributed by atoms with Gasteiger partial charge in [-0.25, -0.2) is 0 Å². The molecule has 0 amide bonds. The molecular weight excluding hydrogens is 376 g/mol. The SMILES string of the molecule is O.O.O.O.O.O.O.O.O.[Th].